The van der Waals surface area contributed by atoms with Crippen LogP contribution in [0, 0.1) is 5.92 Å². The van der Waals surface area contributed by atoms with E-state index in [1.807, 2.05) is 92.7 Å². The van der Waals surface area contributed by atoms with Crippen LogP contribution in [0.3, 0.4) is 0 Å². The minimum Gasteiger partial charge on any atom is -0.426 e. The van der Waals surface area contributed by atoms with E-state index in [4.69, 9.17) is 18.9 Å². The summed E-state index contributed by atoms with van der Waals surface area (Å²) in [6.07, 6.45) is 3.11. The zero-order valence-corrected chi connectivity index (χ0v) is 46.0. The molecule has 400 valence electrons. The molecule has 0 atom stereocenters. The number of carbonyl (C=O) groups excluding carboxylic acids is 4. The van der Waals surface area contributed by atoms with Crippen LogP contribution in [0.2, 0.25) is 0 Å². The molecule has 0 N–H and O–H groups in total. The fourth-order valence-electron chi connectivity index (χ4n) is 11.8. The highest BCUT2D eigenvalue weighted by Gasteiger charge is 2.47. The Labute approximate surface area is 476 Å². The molecule has 0 saturated heterocycles. The molecular formula is C74H56O8. The zero-order valence-electron chi connectivity index (χ0n) is 46.0. The van der Waals surface area contributed by atoms with Gasteiger partial charge in [0.2, 0.25) is 0 Å². The molecule has 82 heavy (non-hydrogen) atoms. The molecule has 0 fully saturated rings. The van der Waals surface area contributed by atoms with E-state index >= 15 is 0 Å². The quantitative estimate of drug-likeness (QED) is 0.0487. The normalized spacial score (nSPS) is 13.6. The van der Waals surface area contributed by atoms with E-state index in [2.05, 4.69) is 116 Å². The monoisotopic (exact) mass is 1070 g/mol. The van der Waals surface area contributed by atoms with Crippen molar-refractivity contribution < 1.29 is 38.1 Å². The first-order valence-electron chi connectivity index (χ1n) is 27.3. The third-order valence-corrected chi connectivity index (χ3v) is 15.9. The van der Waals surface area contributed by atoms with E-state index in [-0.39, 0.29) is 17.5 Å². The molecular weight excluding hydrogens is 1020 g/mol. The smallest absolute Gasteiger partial charge is 0.339 e. The molecule has 0 aliphatic heterocycles. The van der Waals surface area contributed by atoms with E-state index in [1.165, 1.54) is 22.3 Å². The van der Waals surface area contributed by atoms with Crippen LogP contribution in [0.25, 0.3) is 43.8 Å². The van der Waals surface area contributed by atoms with Crippen molar-refractivity contribution >= 4 is 45.4 Å². The maximum absolute atomic E-state index is 13.6. The first-order chi connectivity index (χ1) is 39.7. The summed E-state index contributed by atoms with van der Waals surface area (Å²) in [6.45, 7) is 12.2. The van der Waals surface area contributed by atoms with E-state index in [0.29, 0.717) is 34.1 Å². The molecule has 0 aromatic heterocycles. The Balaban J connectivity index is 0.775. The second kappa shape index (κ2) is 21.1. The molecule has 12 rings (SSSR count). The summed E-state index contributed by atoms with van der Waals surface area (Å²) in [7, 11) is 0. The van der Waals surface area contributed by atoms with Crippen LogP contribution in [0.4, 0.5) is 0 Å². The summed E-state index contributed by atoms with van der Waals surface area (Å²) in [6, 6.07) is 73.4. The predicted molar refractivity (Wildman–Crippen MR) is 322 cm³/mol. The van der Waals surface area contributed by atoms with Gasteiger partial charge >= 0.3 is 23.9 Å². The van der Waals surface area contributed by atoms with Crippen molar-refractivity contribution in [1.29, 1.82) is 0 Å². The Bertz CT molecular complexity index is 4240. The molecule has 8 heteroatoms. The molecule has 2 aliphatic carbocycles. The van der Waals surface area contributed by atoms with E-state index in [0.717, 1.165) is 66.1 Å². The van der Waals surface area contributed by atoms with Crippen LogP contribution in [0.5, 0.6) is 23.0 Å². The average molecular weight is 1070 g/mol. The van der Waals surface area contributed by atoms with Crippen LogP contribution in [0.1, 0.15) is 79.1 Å². The van der Waals surface area contributed by atoms with Gasteiger partial charge < -0.3 is 18.9 Å². The molecule has 0 bridgehead atoms. The maximum Gasteiger partial charge on any atom is 0.339 e. The lowest BCUT2D eigenvalue weighted by Gasteiger charge is -2.34. The maximum atomic E-state index is 13.6. The number of fused-ring (bicyclic) bond motifs is 8. The third-order valence-electron chi connectivity index (χ3n) is 15.9. The molecule has 10 aromatic carbocycles. The van der Waals surface area contributed by atoms with Crippen molar-refractivity contribution in [2.45, 2.75) is 45.4 Å². The molecule has 0 amide bonds. The standard InChI is InChI=1S/C74H56O8/c1-45(2)69(75)79-57-37-31-53(32-38-57)73(65-19-11-7-15-61(65)62-16-8-12-20-66(62)73)54-33-39-58(40-34-54)80-71(77)47(5)23-24-48(6)72(78)82-60-36-28-50-42-56(30-26-52(50)44-60)74(67-21-13-9-17-63(67)64-18-10-14-22-68(64)74)55-29-25-51-43-59(35-27-49(51)41-55)81-70(76)46(3)4/h7-44,46H,1H2,2-6H3/b47-23+,48-24-. The van der Waals surface area contributed by atoms with Crippen LogP contribution in [0.15, 0.2) is 254 Å². The number of rotatable bonds is 13. The number of hydrogen-bond acceptors (Lipinski definition) is 8. The lowest BCUT2D eigenvalue weighted by atomic mass is 9.67. The van der Waals surface area contributed by atoms with Gasteiger partial charge in [-0.25, -0.2) is 14.4 Å². The highest BCUT2D eigenvalue weighted by Crippen LogP contribution is 2.58. The largest absolute Gasteiger partial charge is 0.426 e. The molecule has 0 unspecified atom stereocenters. The first kappa shape index (κ1) is 52.5. The van der Waals surface area contributed by atoms with Gasteiger partial charge in [0, 0.05) is 16.7 Å². The van der Waals surface area contributed by atoms with Crippen LogP contribution < -0.4 is 18.9 Å². The highest BCUT2D eigenvalue weighted by atomic mass is 16.5. The summed E-state index contributed by atoms with van der Waals surface area (Å²) < 4.78 is 23.1. The van der Waals surface area contributed by atoms with Crippen LogP contribution in [-0.4, -0.2) is 23.9 Å². The van der Waals surface area contributed by atoms with Crippen molar-refractivity contribution in [2.24, 2.45) is 5.92 Å². The third kappa shape index (κ3) is 9.08. The van der Waals surface area contributed by atoms with Crippen molar-refractivity contribution in [3.8, 4) is 45.3 Å². The second-order valence-corrected chi connectivity index (χ2v) is 21.4. The lowest BCUT2D eigenvalue weighted by Crippen LogP contribution is -2.28. The molecule has 0 spiro atoms. The number of allylic oxidation sites excluding steroid dienone is 2. The fourth-order valence-corrected chi connectivity index (χ4v) is 11.8. The molecule has 0 radical (unpaired) electrons. The van der Waals surface area contributed by atoms with Gasteiger partial charge in [-0.15, -0.1) is 0 Å². The van der Waals surface area contributed by atoms with Crippen molar-refractivity contribution in [3.63, 3.8) is 0 Å². The van der Waals surface area contributed by atoms with Gasteiger partial charge in [0.1, 0.15) is 23.0 Å². The Morgan fingerprint density at radius 2 is 0.671 bits per heavy atom. The summed E-state index contributed by atoms with van der Waals surface area (Å²) in [5, 5.41) is 3.85. The van der Waals surface area contributed by atoms with Gasteiger partial charge in [0.15, 0.2) is 0 Å². The first-order valence-corrected chi connectivity index (χ1v) is 27.3. The Hall–Kier alpha value is -10.2. The number of hydrogen-bond donors (Lipinski definition) is 0. The van der Waals surface area contributed by atoms with Gasteiger partial charge in [0.05, 0.1) is 16.7 Å². The Kier molecular flexibility index (Phi) is 13.5. The summed E-state index contributed by atoms with van der Waals surface area (Å²) in [5.74, 6) is -0.477. The van der Waals surface area contributed by atoms with E-state index < -0.39 is 28.7 Å². The second-order valence-electron chi connectivity index (χ2n) is 21.4. The number of benzene rings is 10. The molecule has 8 nitrogen and oxygen atoms in total. The van der Waals surface area contributed by atoms with Crippen molar-refractivity contribution in [2.75, 3.05) is 0 Å². The fraction of sp³-hybridized carbons (Fsp3) is 0.108. The van der Waals surface area contributed by atoms with E-state index in [1.54, 1.807) is 63.3 Å². The zero-order chi connectivity index (χ0) is 56.9. The van der Waals surface area contributed by atoms with Gasteiger partial charge in [-0.1, -0.05) is 190 Å². The average Bonchev–Trinajstić information content (AvgIpc) is 3.70. The van der Waals surface area contributed by atoms with Gasteiger partial charge in [-0.3, -0.25) is 4.79 Å². The molecule has 0 saturated carbocycles. The molecule has 2 aliphatic rings. The Morgan fingerprint density at radius 3 is 1.06 bits per heavy atom. The minimum absolute atomic E-state index is 0.242. The summed E-state index contributed by atoms with van der Waals surface area (Å²) in [4.78, 5) is 52.0. The van der Waals surface area contributed by atoms with Crippen LogP contribution in [-0.2, 0) is 30.0 Å². The van der Waals surface area contributed by atoms with Crippen molar-refractivity contribution in [1.82, 2.24) is 0 Å². The van der Waals surface area contributed by atoms with Crippen LogP contribution >= 0.6 is 0 Å². The SMILES string of the molecule is C=C(C)C(=O)Oc1ccc(C2(c3ccc(OC(=O)/C(C)=C/C=C(/C)C(=O)Oc4ccc5cc(C6(c7ccc8cc(OC(=O)C(C)C)ccc8c7)c7ccccc7-c7ccccc76)ccc5c4)cc3)c3ccccc3-c3ccccc32)cc1. The van der Waals surface area contributed by atoms with Crippen molar-refractivity contribution in [3.05, 3.63) is 298 Å². The topological polar surface area (TPSA) is 105 Å². The van der Waals surface area contributed by atoms with Gasteiger partial charge in [-0.2, -0.15) is 0 Å². The Morgan fingerprint density at radius 1 is 0.366 bits per heavy atom. The highest BCUT2D eigenvalue weighted by molar-refractivity contribution is 5.95. The minimum atomic E-state index is -0.740. The van der Waals surface area contributed by atoms with Gasteiger partial charge in [0.25, 0.3) is 0 Å². The number of ether oxygens (including phenoxy) is 4. The summed E-state index contributed by atoms with van der Waals surface area (Å²) >= 11 is 0. The predicted octanol–water partition coefficient (Wildman–Crippen LogP) is 16.2. The lowest BCUT2D eigenvalue weighted by molar-refractivity contribution is -0.138. The molecule has 0 heterocycles. The van der Waals surface area contributed by atoms with E-state index in [9.17, 15) is 19.2 Å². The molecule has 10 aromatic rings. The number of esters is 4. The van der Waals surface area contributed by atoms with Gasteiger partial charge in [-0.05, 0) is 170 Å². The summed E-state index contributed by atoms with van der Waals surface area (Å²) in [5.41, 5.74) is 12.7. The number of carbonyl (C=O) groups is 4.